The Balaban J connectivity index is 1.88. The predicted octanol–water partition coefficient (Wildman–Crippen LogP) is 3.35. The Morgan fingerprint density at radius 2 is 2.14 bits per heavy atom. The SMILES string of the molecule is CCC1(CC)CNCCN1Cc1cc(Br)cc2c1OCC2. The Morgan fingerprint density at radius 1 is 1.33 bits per heavy atom. The largest absolute Gasteiger partial charge is 0.493 e. The predicted molar refractivity (Wildman–Crippen MR) is 89.9 cm³/mol. The van der Waals surface area contributed by atoms with Gasteiger partial charge in [0.2, 0.25) is 0 Å². The van der Waals surface area contributed by atoms with Crippen molar-refractivity contribution in [1.82, 2.24) is 10.2 Å². The average Bonchev–Trinajstić information content (AvgIpc) is 2.96. The van der Waals surface area contributed by atoms with Crippen molar-refractivity contribution < 1.29 is 4.74 Å². The summed E-state index contributed by atoms with van der Waals surface area (Å²) in [6.45, 7) is 9.73. The second-order valence-corrected chi connectivity index (χ2v) is 7.10. The van der Waals surface area contributed by atoms with Crippen LogP contribution in [-0.4, -0.2) is 36.7 Å². The lowest BCUT2D eigenvalue weighted by Crippen LogP contribution is -2.60. The Morgan fingerprint density at radius 3 is 2.90 bits per heavy atom. The van der Waals surface area contributed by atoms with Gasteiger partial charge in [-0.15, -0.1) is 0 Å². The molecule has 0 amide bonds. The van der Waals surface area contributed by atoms with E-state index in [-0.39, 0.29) is 5.54 Å². The number of hydrogen-bond acceptors (Lipinski definition) is 3. The highest BCUT2D eigenvalue weighted by molar-refractivity contribution is 9.10. The summed E-state index contributed by atoms with van der Waals surface area (Å²) in [4.78, 5) is 2.66. The molecule has 0 aliphatic carbocycles. The zero-order chi connectivity index (χ0) is 14.9. The van der Waals surface area contributed by atoms with E-state index in [1.807, 2.05) is 0 Å². The monoisotopic (exact) mass is 352 g/mol. The number of halogens is 1. The lowest BCUT2D eigenvalue weighted by Gasteiger charge is -2.47. The fraction of sp³-hybridized carbons (Fsp3) is 0.647. The van der Waals surface area contributed by atoms with Crippen LogP contribution in [-0.2, 0) is 13.0 Å². The first-order chi connectivity index (χ1) is 10.2. The summed E-state index contributed by atoms with van der Waals surface area (Å²) in [6.07, 6.45) is 3.41. The first-order valence-electron chi connectivity index (χ1n) is 8.08. The molecule has 2 heterocycles. The number of hydrogen-bond donors (Lipinski definition) is 1. The highest BCUT2D eigenvalue weighted by atomic mass is 79.9. The fourth-order valence-electron chi connectivity index (χ4n) is 3.75. The molecular formula is C17H25BrN2O. The summed E-state index contributed by atoms with van der Waals surface area (Å²) in [7, 11) is 0. The zero-order valence-corrected chi connectivity index (χ0v) is 14.6. The normalized spacial score (nSPS) is 21.1. The van der Waals surface area contributed by atoms with Crippen LogP contribution in [0, 0.1) is 0 Å². The van der Waals surface area contributed by atoms with Gasteiger partial charge in [0.1, 0.15) is 5.75 Å². The van der Waals surface area contributed by atoms with Crippen LogP contribution in [0.3, 0.4) is 0 Å². The second kappa shape index (κ2) is 6.27. The maximum Gasteiger partial charge on any atom is 0.127 e. The minimum atomic E-state index is 0.284. The molecule has 2 aliphatic heterocycles. The van der Waals surface area contributed by atoms with Crippen LogP contribution in [0.2, 0.25) is 0 Å². The van der Waals surface area contributed by atoms with Crippen molar-refractivity contribution in [2.75, 3.05) is 26.2 Å². The first-order valence-corrected chi connectivity index (χ1v) is 8.87. The molecule has 1 aromatic rings. The third kappa shape index (κ3) is 2.86. The van der Waals surface area contributed by atoms with Crippen LogP contribution in [0.5, 0.6) is 5.75 Å². The van der Waals surface area contributed by atoms with Gasteiger partial charge in [-0.2, -0.15) is 0 Å². The van der Waals surface area contributed by atoms with Crippen molar-refractivity contribution in [2.24, 2.45) is 0 Å². The molecule has 0 aromatic heterocycles. The van der Waals surface area contributed by atoms with Gasteiger partial charge in [-0.3, -0.25) is 4.90 Å². The first kappa shape index (κ1) is 15.3. The minimum Gasteiger partial charge on any atom is -0.493 e. The Bertz CT molecular complexity index is 514. The molecule has 4 heteroatoms. The van der Waals surface area contributed by atoms with Crippen LogP contribution < -0.4 is 10.1 Å². The van der Waals surface area contributed by atoms with Gasteiger partial charge in [0.25, 0.3) is 0 Å². The third-order valence-corrected chi connectivity index (χ3v) is 5.64. The van der Waals surface area contributed by atoms with E-state index in [1.54, 1.807) is 0 Å². The molecule has 116 valence electrons. The standard InChI is InChI=1S/C17H25BrN2O/c1-3-17(4-2)12-19-6-7-20(17)11-14-10-15(18)9-13-5-8-21-16(13)14/h9-10,19H,3-8,11-12H2,1-2H3. The quantitative estimate of drug-likeness (QED) is 0.899. The number of nitrogens with one attached hydrogen (secondary N) is 1. The van der Waals surface area contributed by atoms with Crippen molar-refractivity contribution in [3.63, 3.8) is 0 Å². The third-order valence-electron chi connectivity index (χ3n) is 5.19. The zero-order valence-electron chi connectivity index (χ0n) is 13.0. The number of rotatable bonds is 4. The molecule has 1 saturated heterocycles. The van der Waals surface area contributed by atoms with Crippen molar-refractivity contribution in [3.8, 4) is 5.75 Å². The highest BCUT2D eigenvalue weighted by Gasteiger charge is 2.36. The van der Waals surface area contributed by atoms with E-state index in [0.717, 1.165) is 45.0 Å². The molecule has 0 saturated carbocycles. The lowest BCUT2D eigenvalue weighted by molar-refractivity contribution is 0.0441. The van der Waals surface area contributed by atoms with Gasteiger partial charge in [0.05, 0.1) is 6.61 Å². The summed E-state index contributed by atoms with van der Waals surface area (Å²) in [5.74, 6) is 1.14. The summed E-state index contributed by atoms with van der Waals surface area (Å²) in [5.41, 5.74) is 2.98. The molecule has 0 atom stereocenters. The molecule has 1 N–H and O–H groups in total. The van der Waals surface area contributed by atoms with Gasteiger partial charge in [-0.25, -0.2) is 0 Å². The van der Waals surface area contributed by atoms with Gasteiger partial charge in [-0.05, 0) is 30.5 Å². The Labute approximate surface area is 136 Å². The average molecular weight is 353 g/mol. The summed E-state index contributed by atoms with van der Waals surface area (Å²) < 4.78 is 7.07. The molecule has 3 nitrogen and oxygen atoms in total. The van der Waals surface area contributed by atoms with E-state index in [1.165, 1.54) is 28.4 Å². The topological polar surface area (TPSA) is 24.5 Å². The van der Waals surface area contributed by atoms with Gasteiger partial charge < -0.3 is 10.1 Å². The van der Waals surface area contributed by atoms with Crippen LogP contribution >= 0.6 is 15.9 Å². The fourth-order valence-corrected chi connectivity index (χ4v) is 4.30. The van der Waals surface area contributed by atoms with E-state index < -0.39 is 0 Å². The molecule has 3 rings (SSSR count). The number of nitrogens with zero attached hydrogens (tertiary/aromatic N) is 1. The van der Waals surface area contributed by atoms with Gasteiger partial charge in [0, 0.05) is 48.2 Å². The molecule has 21 heavy (non-hydrogen) atoms. The number of benzene rings is 1. The number of ether oxygens (including phenoxy) is 1. The molecule has 0 spiro atoms. The summed E-state index contributed by atoms with van der Waals surface area (Å²) >= 11 is 3.66. The lowest BCUT2D eigenvalue weighted by atomic mass is 9.88. The number of piperazine rings is 1. The molecule has 2 aliphatic rings. The van der Waals surface area contributed by atoms with E-state index >= 15 is 0 Å². The number of fused-ring (bicyclic) bond motifs is 1. The van der Waals surface area contributed by atoms with E-state index in [9.17, 15) is 0 Å². The van der Waals surface area contributed by atoms with E-state index in [2.05, 4.69) is 52.1 Å². The highest BCUT2D eigenvalue weighted by Crippen LogP contribution is 2.36. The maximum absolute atomic E-state index is 5.90. The molecule has 0 unspecified atom stereocenters. The second-order valence-electron chi connectivity index (χ2n) is 6.18. The molecule has 0 radical (unpaired) electrons. The van der Waals surface area contributed by atoms with Crippen molar-refractivity contribution >= 4 is 15.9 Å². The Hall–Kier alpha value is -0.580. The van der Waals surface area contributed by atoms with E-state index in [0.29, 0.717) is 0 Å². The van der Waals surface area contributed by atoms with Gasteiger partial charge in [0.15, 0.2) is 0 Å². The van der Waals surface area contributed by atoms with E-state index in [4.69, 9.17) is 4.74 Å². The van der Waals surface area contributed by atoms with Crippen LogP contribution in [0.25, 0.3) is 0 Å². The van der Waals surface area contributed by atoms with Crippen LogP contribution in [0.15, 0.2) is 16.6 Å². The van der Waals surface area contributed by atoms with Gasteiger partial charge >= 0.3 is 0 Å². The smallest absolute Gasteiger partial charge is 0.127 e. The summed E-state index contributed by atoms with van der Waals surface area (Å²) in [6, 6.07) is 4.44. The van der Waals surface area contributed by atoms with Gasteiger partial charge in [-0.1, -0.05) is 29.8 Å². The Kier molecular flexibility index (Phi) is 4.57. The summed E-state index contributed by atoms with van der Waals surface area (Å²) in [5, 5.41) is 3.57. The van der Waals surface area contributed by atoms with Crippen molar-refractivity contribution in [1.29, 1.82) is 0 Å². The molecule has 1 aromatic carbocycles. The van der Waals surface area contributed by atoms with Crippen molar-refractivity contribution in [2.45, 2.75) is 45.2 Å². The van der Waals surface area contributed by atoms with Crippen molar-refractivity contribution in [3.05, 3.63) is 27.7 Å². The molecular weight excluding hydrogens is 328 g/mol. The molecule has 1 fully saturated rings. The van der Waals surface area contributed by atoms with Crippen LogP contribution in [0.4, 0.5) is 0 Å². The molecule has 0 bridgehead atoms. The minimum absolute atomic E-state index is 0.284. The maximum atomic E-state index is 5.90. The van der Waals surface area contributed by atoms with Crippen LogP contribution in [0.1, 0.15) is 37.8 Å².